The highest BCUT2D eigenvalue weighted by Crippen LogP contribution is 2.29. The Labute approximate surface area is 210 Å². The van der Waals surface area contributed by atoms with Gasteiger partial charge >= 0.3 is 0 Å². The van der Waals surface area contributed by atoms with Crippen molar-refractivity contribution < 1.29 is 14.3 Å². The van der Waals surface area contributed by atoms with E-state index in [1.54, 1.807) is 29.3 Å². The molecule has 0 unspecified atom stereocenters. The molecule has 8 heteroatoms. The number of nitrogens with zero attached hydrogens (tertiary/aromatic N) is 4. The molecule has 7 nitrogen and oxygen atoms in total. The van der Waals surface area contributed by atoms with Gasteiger partial charge in [-0.2, -0.15) is 5.10 Å². The van der Waals surface area contributed by atoms with Crippen LogP contribution < -0.4 is 9.47 Å². The second kappa shape index (κ2) is 12.2. The smallest absolute Gasteiger partial charge is 0.225 e. The third kappa shape index (κ3) is 7.16. The molecule has 0 fully saturated rings. The van der Waals surface area contributed by atoms with E-state index in [2.05, 4.69) is 21.5 Å². The van der Waals surface area contributed by atoms with Gasteiger partial charge in [-0.15, -0.1) is 11.3 Å². The highest BCUT2D eigenvalue weighted by atomic mass is 32.1. The number of hydrogen-bond donors (Lipinski definition) is 0. The quantitative estimate of drug-likeness (QED) is 0.283. The van der Waals surface area contributed by atoms with Gasteiger partial charge in [0.25, 0.3) is 0 Å². The maximum absolute atomic E-state index is 13.2. The molecule has 0 spiro atoms. The van der Waals surface area contributed by atoms with Gasteiger partial charge < -0.3 is 14.4 Å². The molecular weight excluding hydrogens is 460 g/mol. The minimum atomic E-state index is 0.0408. The van der Waals surface area contributed by atoms with Gasteiger partial charge in [0, 0.05) is 43.2 Å². The van der Waals surface area contributed by atoms with E-state index in [4.69, 9.17) is 9.47 Å². The molecule has 1 amide bonds. The summed E-state index contributed by atoms with van der Waals surface area (Å²) in [5.41, 5.74) is 2.75. The highest BCUT2D eigenvalue weighted by molar-refractivity contribution is 7.09. The van der Waals surface area contributed by atoms with Crippen molar-refractivity contribution in [3.8, 4) is 11.5 Å². The number of aromatic nitrogens is 3. The number of ether oxygens (including phenoxy) is 2. The van der Waals surface area contributed by atoms with E-state index in [1.165, 1.54) is 4.88 Å². The average molecular weight is 491 g/mol. The molecular formula is C27H30N4O3S. The molecule has 35 heavy (non-hydrogen) atoms. The van der Waals surface area contributed by atoms with Gasteiger partial charge in [0.15, 0.2) is 11.5 Å². The fraction of sp³-hybridized carbons (Fsp3) is 0.296. The first kappa shape index (κ1) is 24.5. The zero-order chi connectivity index (χ0) is 24.5. The van der Waals surface area contributed by atoms with Crippen LogP contribution in [0.4, 0.5) is 0 Å². The van der Waals surface area contributed by atoms with Crippen molar-refractivity contribution in [3.05, 3.63) is 94.2 Å². The lowest BCUT2D eigenvalue weighted by atomic mass is 10.1. The van der Waals surface area contributed by atoms with Crippen LogP contribution in [0, 0.1) is 6.92 Å². The molecule has 0 N–H and O–H groups in total. The van der Waals surface area contributed by atoms with Crippen LogP contribution in [0.15, 0.2) is 72.4 Å². The molecule has 0 saturated carbocycles. The van der Waals surface area contributed by atoms with E-state index >= 15 is 0 Å². The van der Waals surface area contributed by atoms with Gasteiger partial charge in [0.1, 0.15) is 0 Å². The molecule has 3 aromatic heterocycles. The summed E-state index contributed by atoms with van der Waals surface area (Å²) in [6.07, 6.45) is 4.85. The molecule has 0 atom stereocenters. The van der Waals surface area contributed by atoms with E-state index in [9.17, 15) is 4.79 Å². The van der Waals surface area contributed by atoms with Crippen LogP contribution in [-0.4, -0.2) is 39.3 Å². The molecule has 0 aliphatic carbocycles. The summed E-state index contributed by atoms with van der Waals surface area (Å²) >= 11 is 1.72. The van der Waals surface area contributed by atoms with Gasteiger partial charge in [0.2, 0.25) is 5.91 Å². The number of methoxy groups -OCH3 is 1. The largest absolute Gasteiger partial charge is 0.493 e. The molecule has 0 aliphatic heterocycles. The number of pyridine rings is 1. The summed E-state index contributed by atoms with van der Waals surface area (Å²) < 4.78 is 13.4. The SMILES string of the molecule is COc1cc(CN(Cc2ccccn2)C(=O)CCn2ccc(C)n2)ccc1OCCc1cccs1. The topological polar surface area (TPSA) is 69.5 Å². The Bertz CT molecular complexity index is 1210. The van der Waals surface area contributed by atoms with Crippen LogP contribution in [0.2, 0.25) is 0 Å². The standard InChI is InChI=1S/C27H30N4O3S/c1-21-10-14-31(29-21)15-11-27(32)30(20-23-6-3-4-13-28-23)19-22-8-9-25(26(18-22)33-2)34-16-12-24-7-5-17-35-24/h3-10,13-14,17-18H,11-12,15-16,19-20H2,1-2H3. The third-order valence-corrected chi connectivity index (χ3v) is 6.48. The van der Waals surface area contributed by atoms with Crippen LogP contribution >= 0.6 is 11.3 Å². The van der Waals surface area contributed by atoms with E-state index in [0.717, 1.165) is 23.4 Å². The number of carbonyl (C=O) groups is 1. The molecule has 4 rings (SSSR count). The minimum absolute atomic E-state index is 0.0408. The Kier molecular flexibility index (Phi) is 8.51. The fourth-order valence-electron chi connectivity index (χ4n) is 3.74. The van der Waals surface area contributed by atoms with Gasteiger partial charge in [-0.3, -0.25) is 14.5 Å². The van der Waals surface area contributed by atoms with E-state index in [1.807, 2.05) is 66.6 Å². The Morgan fingerprint density at radius 3 is 2.71 bits per heavy atom. The van der Waals surface area contributed by atoms with E-state index in [0.29, 0.717) is 44.2 Å². The third-order valence-electron chi connectivity index (χ3n) is 5.55. The van der Waals surface area contributed by atoms with Gasteiger partial charge in [0.05, 0.1) is 31.6 Å². The Morgan fingerprint density at radius 2 is 2.00 bits per heavy atom. The first-order valence-corrected chi connectivity index (χ1v) is 12.5. The average Bonchev–Trinajstić information content (AvgIpc) is 3.55. The lowest BCUT2D eigenvalue weighted by molar-refractivity contribution is -0.132. The van der Waals surface area contributed by atoms with Crippen LogP contribution in [0.5, 0.6) is 11.5 Å². The van der Waals surface area contributed by atoms with Gasteiger partial charge in [-0.1, -0.05) is 18.2 Å². The van der Waals surface area contributed by atoms with Crippen molar-refractivity contribution in [2.75, 3.05) is 13.7 Å². The van der Waals surface area contributed by atoms with Crippen LogP contribution in [-0.2, 0) is 30.8 Å². The Hall–Kier alpha value is -3.65. The summed E-state index contributed by atoms with van der Waals surface area (Å²) in [5, 5.41) is 6.46. The molecule has 0 radical (unpaired) electrons. The lowest BCUT2D eigenvalue weighted by Crippen LogP contribution is -2.31. The number of amides is 1. The molecule has 0 aliphatic rings. The van der Waals surface area contributed by atoms with E-state index in [-0.39, 0.29) is 5.91 Å². The molecule has 3 heterocycles. The molecule has 182 valence electrons. The summed E-state index contributed by atoms with van der Waals surface area (Å²) in [6.45, 7) is 3.92. The van der Waals surface area contributed by atoms with Crippen molar-refractivity contribution in [1.29, 1.82) is 0 Å². The number of carbonyl (C=O) groups excluding carboxylic acids is 1. The monoisotopic (exact) mass is 490 g/mol. The number of rotatable bonds is 12. The zero-order valence-corrected chi connectivity index (χ0v) is 20.9. The summed E-state index contributed by atoms with van der Waals surface area (Å²) in [7, 11) is 1.63. The fourth-order valence-corrected chi connectivity index (χ4v) is 4.43. The normalized spacial score (nSPS) is 10.8. The number of hydrogen-bond acceptors (Lipinski definition) is 6. The molecule has 4 aromatic rings. The first-order valence-electron chi connectivity index (χ1n) is 11.6. The second-order valence-electron chi connectivity index (χ2n) is 8.20. The number of benzene rings is 1. The number of aryl methyl sites for hydroxylation is 2. The van der Waals surface area contributed by atoms with Crippen molar-refractivity contribution in [1.82, 2.24) is 19.7 Å². The van der Waals surface area contributed by atoms with Gasteiger partial charge in [-0.05, 0) is 54.3 Å². The predicted octanol–water partition coefficient (Wildman–Crippen LogP) is 4.90. The van der Waals surface area contributed by atoms with Crippen molar-refractivity contribution in [2.45, 2.75) is 39.4 Å². The highest BCUT2D eigenvalue weighted by Gasteiger charge is 2.17. The van der Waals surface area contributed by atoms with Crippen LogP contribution in [0.25, 0.3) is 0 Å². The van der Waals surface area contributed by atoms with Crippen molar-refractivity contribution >= 4 is 17.2 Å². The Balaban J connectivity index is 1.43. The molecule has 0 bridgehead atoms. The molecule has 1 aromatic carbocycles. The lowest BCUT2D eigenvalue weighted by Gasteiger charge is -2.23. The van der Waals surface area contributed by atoms with Crippen LogP contribution in [0.3, 0.4) is 0 Å². The maximum atomic E-state index is 13.2. The molecule has 0 saturated heterocycles. The summed E-state index contributed by atoms with van der Waals surface area (Å²) in [5.74, 6) is 1.40. The zero-order valence-electron chi connectivity index (χ0n) is 20.1. The summed E-state index contributed by atoms with van der Waals surface area (Å²) in [4.78, 5) is 20.7. The van der Waals surface area contributed by atoms with Gasteiger partial charge in [-0.25, -0.2) is 0 Å². The predicted molar refractivity (Wildman–Crippen MR) is 137 cm³/mol. The van der Waals surface area contributed by atoms with Crippen molar-refractivity contribution in [3.63, 3.8) is 0 Å². The van der Waals surface area contributed by atoms with Crippen molar-refractivity contribution in [2.24, 2.45) is 0 Å². The first-order chi connectivity index (χ1) is 17.1. The second-order valence-corrected chi connectivity index (χ2v) is 9.24. The van der Waals surface area contributed by atoms with E-state index < -0.39 is 0 Å². The summed E-state index contributed by atoms with van der Waals surface area (Å²) in [6, 6.07) is 17.7. The number of thiophene rings is 1. The maximum Gasteiger partial charge on any atom is 0.225 e. The minimum Gasteiger partial charge on any atom is -0.493 e. The van der Waals surface area contributed by atoms with Crippen LogP contribution in [0.1, 0.15) is 28.2 Å². The Morgan fingerprint density at radius 1 is 1.09 bits per heavy atom.